The van der Waals surface area contributed by atoms with Crippen molar-refractivity contribution in [1.82, 2.24) is 5.32 Å². The zero-order valence-corrected chi connectivity index (χ0v) is 7.70. The molecule has 0 spiro atoms. The Morgan fingerprint density at radius 2 is 1.38 bits per heavy atom. The van der Waals surface area contributed by atoms with E-state index in [4.69, 9.17) is 4.74 Å². The van der Waals surface area contributed by atoms with E-state index >= 15 is 0 Å². The molecule has 0 aromatic heterocycles. The fraction of sp³-hybridized carbons (Fsp3) is 0.400. The third-order valence-corrected chi connectivity index (χ3v) is 1.55. The van der Waals surface area contributed by atoms with Crippen LogP contribution in [0.4, 0.5) is 0 Å². The van der Waals surface area contributed by atoms with Gasteiger partial charge in [0, 0.05) is 25.6 Å². The van der Waals surface area contributed by atoms with Gasteiger partial charge in [-0.3, -0.25) is 0 Å². The average molecular weight is 183 g/mol. The van der Waals surface area contributed by atoms with E-state index in [0.29, 0.717) is 0 Å². The van der Waals surface area contributed by atoms with E-state index in [1.54, 1.807) is 0 Å². The van der Waals surface area contributed by atoms with Crippen molar-refractivity contribution >= 4 is 0 Å². The predicted octanol–water partition coefficient (Wildman–Crippen LogP) is 1.15. The summed E-state index contributed by atoms with van der Waals surface area (Å²) >= 11 is 0. The fourth-order valence-corrected chi connectivity index (χ4v) is 0.916. The average Bonchev–Trinajstić information content (AvgIpc) is 2.54. The number of rotatable bonds is 0. The van der Waals surface area contributed by atoms with Gasteiger partial charge < -0.3 is 15.5 Å². The van der Waals surface area contributed by atoms with Crippen LogP contribution in [0, 0.1) is 0 Å². The van der Waals surface area contributed by atoms with E-state index in [1.807, 2.05) is 36.7 Å². The van der Waals surface area contributed by atoms with Crippen LogP contribution in [-0.2, 0) is 4.74 Å². The van der Waals surface area contributed by atoms with Gasteiger partial charge in [0.15, 0.2) is 0 Å². The largest absolute Gasteiger partial charge is 0.412 e. The summed E-state index contributed by atoms with van der Waals surface area (Å²) in [5.41, 5.74) is 0. The highest BCUT2D eigenvalue weighted by atomic mass is 16.5. The maximum absolute atomic E-state index is 4.94. The van der Waals surface area contributed by atoms with Crippen molar-refractivity contribution < 1.29 is 10.2 Å². The summed E-state index contributed by atoms with van der Waals surface area (Å²) in [7, 11) is 0. The van der Waals surface area contributed by atoms with E-state index in [9.17, 15) is 0 Å². The van der Waals surface area contributed by atoms with Crippen LogP contribution in [-0.4, -0.2) is 18.7 Å². The highest BCUT2D eigenvalue weighted by Gasteiger charge is 1.94. The zero-order valence-electron chi connectivity index (χ0n) is 7.70. The molecule has 0 amide bonds. The summed E-state index contributed by atoms with van der Waals surface area (Å²) < 4.78 is 4.94. The van der Waals surface area contributed by atoms with Crippen LogP contribution in [0.1, 0.15) is 12.8 Å². The normalized spacial score (nSPS) is 17.8. The first-order valence-electron chi connectivity index (χ1n) is 4.32. The standard InChI is InChI=1S/C6H7N.C4H8O.H2O/c1-2-4-6-7-5-3-1;1-2-4-5-3-1;/h1-7H;1-4H2;1H2. The third kappa shape index (κ3) is 7.31. The maximum Gasteiger partial charge on any atom is 0.0466 e. The Balaban J connectivity index is 0.000000215. The van der Waals surface area contributed by atoms with Gasteiger partial charge in [-0.25, -0.2) is 0 Å². The number of hydrogen-bond acceptors (Lipinski definition) is 2. The topological polar surface area (TPSA) is 52.8 Å². The quantitative estimate of drug-likeness (QED) is 0.612. The zero-order chi connectivity index (χ0) is 8.49. The Labute approximate surface area is 79.1 Å². The van der Waals surface area contributed by atoms with Gasteiger partial charge in [-0.2, -0.15) is 0 Å². The molecule has 3 N–H and O–H groups in total. The first kappa shape index (κ1) is 11.9. The molecule has 2 aliphatic rings. The number of ether oxygens (including phenoxy) is 1. The molecule has 2 aliphatic heterocycles. The molecule has 0 aliphatic carbocycles. The Morgan fingerprint density at radius 3 is 1.77 bits per heavy atom. The number of hydrogen-bond donors (Lipinski definition) is 1. The van der Waals surface area contributed by atoms with Crippen LogP contribution in [0.2, 0.25) is 0 Å². The molecular formula is C10H17NO2. The second kappa shape index (κ2) is 9.03. The highest BCUT2D eigenvalue weighted by molar-refractivity contribution is 5.14. The fourth-order valence-electron chi connectivity index (χ4n) is 0.916. The van der Waals surface area contributed by atoms with E-state index in [1.165, 1.54) is 12.8 Å². The molecule has 74 valence electrons. The molecule has 0 radical (unpaired) electrons. The Hall–Kier alpha value is -1.06. The van der Waals surface area contributed by atoms with Crippen molar-refractivity contribution in [1.29, 1.82) is 0 Å². The predicted molar refractivity (Wildman–Crippen MR) is 54.2 cm³/mol. The minimum absolute atomic E-state index is 0. The molecule has 0 aromatic rings. The maximum atomic E-state index is 4.94. The summed E-state index contributed by atoms with van der Waals surface area (Å²) in [6.45, 7) is 2.00. The van der Waals surface area contributed by atoms with Gasteiger partial charge in [-0.05, 0) is 25.0 Å². The number of nitrogens with one attached hydrogen (secondary N) is 1. The lowest BCUT2D eigenvalue weighted by Crippen LogP contribution is -1.87. The lowest BCUT2D eigenvalue weighted by atomic mass is 10.4. The van der Waals surface area contributed by atoms with Crippen LogP contribution < -0.4 is 5.32 Å². The van der Waals surface area contributed by atoms with Gasteiger partial charge in [-0.15, -0.1) is 0 Å². The first-order valence-corrected chi connectivity index (χ1v) is 4.32. The Kier molecular flexibility index (Phi) is 8.30. The van der Waals surface area contributed by atoms with Crippen LogP contribution in [0.25, 0.3) is 0 Å². The van der Waals surface area contributed by atoms with E-state index in [-0.39, 0.29) is 5.48 Å². The first-order chi connectivity index (χ1) is 6.00. The van der Waals surface area contributed by atoms with Crippen LogP contribution >= 0.6 is 0 Å². The van der Waals surface area contributed by atoms with Crippen LogP contribution in [0.15, 0.2) is 36.7 Å². The van der Waals surface area contributed by atoms with Crippen LogP contribution in [0.3, 0.4) is 0 Å². The number of allylic oxidation sites excluding steroid dienone is 4. The highest BCUT2D eigenvalue weighted by Crippen LogP contribution is 1.98. The molecule has 0 unspecified atom stereocenters. The van der Waals surface area contributed by atoms with Crippen molar-refractivity contribution in [2.24, 2.45) is 0 Å². The molecule has 0 bridgehead atoms. The summed E-state index contributed by atoms with van der Waals surface area (Å²) in [6.07, 6.45) is 14.1. The molecule has 0 atom stereocenters. The van der Waals surface area contributed by atoms with Gasteiger partial charge in [0.25, 0.3) is 0 Å². The van der Waals surface area contributed by atoms with Gasteiger partial charge in [0.1, 0.15) is 0 Å². The molecule has 1 fully saturated rings. The molecule has 13 heavy (non-hydrogen) atoms. The van der Waals surface area contributed by atoms with E-state index in [2.05, 4.69) is 5.32 Å². The minimum atomic E-state index is 0. The minimum Gasteiger partial charge on any atom is -0.412 e. The lowest BCUT2D eigenvalue weighted by Gasteiger charge is -1.79. The van der Waals surface area contributed by atoms with Crippen molar-refractivity contribution in [3.05, 3.63) is 36.7 Å². The van der Waals surface area contributed by atoms with Gasteiger partial charge >= 0.3 is 0 Å². The second-order valence-corrected chi connectivity index (χ2v) is 2.59. The Morgan fingerprint density at radius 1 is 0.846 bits per heavy atom. The summed E-state index contributed by atoms with van der Waals surface area (Å²) in [6, 6.07) is 0. The monoisotopic (exact) mass is 183 g/mol. The summed E-state index contributed by atoms with van der Waals surface area (Å²) in [5.74, 6) is 0. The summed E-state index contributed by atoms with van der Waals surface area (Å²) in [4.78, 5) is 0. The second-order valence-electron chi connectivity index (χ2n) is 2.59. The smallest absolute Gasteiger partial charge is 0.0466 e. The van der Waals surface area contributed by atoms with Gasteiger partial charge in [0.05, 0.1) is 0 Å². The molecular weight excluding hydrogens is 166 g/mol. The molecule has 2 rings (SSSR count). The van der Waals surface area contributed by atoms with Gasteiger partial charge in [0.2, 0.25) is 0 Å². The molecule has 2 heterocycles. The molecule has 1 saturated heterocycles. The molecule has 3 heteroatoms. The molecule has 0 aromatic carbocycles. The third-order valence-electron chi connectivity index (χ3n) is 1.55. The molecule has 3 nitrogen and oxygen atoms in total. The molecule has 0 saturated carbocycles. The summed E-state index contributed by atoms with van der Waals surface area (Å²) in [5, 5.41) is 2.92. The van der Waals surface area contributed by atoms with Crippen molar-refractivity contribution in [2.45, 2.75) is 12.8 Å². The Bertz CT molecular complexity index is 160. The van der Waals surface area contributed by atoms with Crippen molar-refractivity contribution in [2.75, 3.05) is 13.2 Å². The van der Waals surface area contributed by atoms with Gasteiger partial charge in [-0.1, -0.05) is 12.2 Å². The van der Waals surface area contributed by atoms with Crippen molar-refractivity contribution in [3.8, 4) is 0 Å². The SMILES string of the molecule is C1=CC=CNC=C1.C1CCOC1.O. The van der Waals surface area contributed by atoms with Crippen molar-refractivity contribution in [3.63, 3.8) is 0 Å². The lowest BCUT2D eigenvalue weighted by molar-refractivity contribution is 0.198. The van der Waals surface area contributed by atoms with E-state index < -0.39 is 0 Å². The van der Waals surface area contributed by atoms with Crippen LogP contribution in [0.5, 0.6) is 0 Å². The van der Waals surface area contributed by atoms with E-state index in [0.717, 1.165) is 13.2 Å².